The summed E-state index contributed by atoms with van der Waals surface area (Å²) in [7, 11) is 0. The van der Waals surface area contributed by atoms with Gasteiger partial charge in [0.1, 0.15) is 11.7 Å². The molecule has 3 aromatic rings. The van der Waals surface area contributed by atoms with E-state index >= 15 is 0 Å². The van der Waals surface area contributed by atoms with E-state index in [4.69, 9.17) is 11.6 Å². The highest BCUT2D eigenvalue weighted by Gasteiger charge is 2.29. The third-order valence-electron chi connectivity index (χ3n) is 5.48. The van der Waals surface area contributed by atoms with Crippen LogP contribution >= 0.6 is 11.6 Å². The molecule has 0 spiro atoms. The van der Waals surface area contributed by atoms with E-state index < -0.39 is 0 Å². The van der Waals surface area contributed by atoms with Gasteiger partial charge < -0.3 is 10.2 Å². The number of nitrogens with zero attached hydrogens (tertiary/aromatic N) is 2. The molecule has 5 nitrogen and oxygen atoms in total. The molecule has 1 amide bonds. The highest BCUT2D eigenvalue weighted by molar-refractivity contribution is 6.33. The molecule has 1 aliphatic heterocycles. The standard InChI is InChI=1S/C23H25ClN4O/c1-17-21(22(24)28(26-17)15-19-10-6-3-7-11-19)23(29)25-20-12-13-27(16-20)14-18-8-4-2-5-9-18/h2-11,20H,12-16H2,1H3,(H,25,29)/p+1/t20-/m1/s1. The van der Waals surface area contributed by atoms with Crippen LogP contribution < -0.4 is 10.2 Å². The second kappa shape index (κ2) is 8.80. The zero-order valence-electron chi connectivity index (χ0n) is 16.6. The Morgan fingerprint density at radius 1 is 1.14 bits per heavy atom. The van der Waals surface area contributed by atoms with Crippen LogP contribution in [0.5, 0.6) is 0 Å². The predicted octanol–water partition coefficient (Wildman–Crippen LogP) is 2.48. The van der Waals surface area contributed by atoms with Crippen LogP contribution in [-0.2, 0) is 13.1 Å². The number of carbonyl (C=O) groups excluding carboxylic acids is 1. The maximum atomic E-state index is 12.9. The summed E-state index contributed by atoms with van der Waals surface area (Å²) in [6, 6.07) is 20.6. The maximum absolute atomic E-state index is 12.9. The first-order valence-electron chi connectivity index (χ1n) is 10.1. The van der Waals surface area contributed by atoms with Crippen molar-refractivity contribution in [3.8, 4) is 0 Å². The molecule has 150 valence electrons. The number of benzene rings is 2. The monoisotopic (exact) mass is 409 g/mol. The largest absolute Gasteiger partial charge is 0.343 e. The first kappa shape index (κ1) is 19.7. The van der Waals surface area contributed by atoms with Crippen molar-refractivity contribution in [2.45, 2.75) is 32.5 Å². The van der Waals surface area contributed by atoms with Gasteiger partial charge in [-0.3, -0.25) is 4.79 Å². The summed E-state index contributed by atoms with van der Waals surface area (Å²) in [4.78, 5) is 14.4. The molecule has 0 bridgehead atoms. The number of carbonyl (C=O) groups is 1. The second-order valence-corrected chi connectivity index (χ2v) is 8.08. The number of nitrogens with one attached hydrogen (secondary N) is 2. The lowest BCUT2D eigenvalue weighted by atomic mass is 10.2. The Bertz CT molecular complexity index is 971. The smallest absolute Gasteiger partial charge is 0.256 e. The van der Waals surface area contributed by atoms with Gasteiger partial charge in [-0.25, -0.2) is 4.68 Å². The van der Waals surface area contributed by atoms with E-state index in [2.05, 4.69) is 34.7 Å². The minimum Gasteiger partial charge on any atom is -0.343 e. The fraction of sp³-hybridized carbons (Fsp3) is 0.304. The Labute approximate surface area is 176 Å². The highest BCUT2D eigenvalue weighted by atomic mass is 35.5. The van der Waals surface area contributed by atoms with E-state index in [1.165, 1.54) is 10.5 Å². The lowest BCUT2D eigenvalue weighted by molar-refractivity contribution is -0.901. The first-order valence-corrected chi connectivity index (χ1v) is 10.4. The molecule has 1 aromatic heterocycles. The van der Waals surface area contributed by atoms with Crippen molar-refractivity contribution >= 4 is 17.5 Å². The number of likely N-dealkylation sites (tertiary alicyclic amines) is 1. The number of hydrogen-bond acceptors (Lipinski definition) is 2. The number of aromatic nitrogens is 2. The molecule has 0 radical (unpaired) electrons. The molecule has 29 heavy (non-hydrogen) atoms. The average molecular weight is 410 g/mol. The van der Waals surface area contributed by atoms with E-state index in [0.29, 0.717) is 23.0 Å². The predicted molar refractivity (Wildman–Crippen MR) is 114 cm³/mol. The fourth-order valence-corrected chi connectivity index (χ4v) is 4.35. The zero-order valence-corrected chi connectivity index (χ0v) is 17.3. The van der Waals surface area contributed by atoms with E-state index in [0.717, 1.165) is 31.6 Å². The topological polar surface area (TPSA) is 51.4 Å². The van der Waals surface area contributed by atoms with Gasteiger partial charge in [0, 0.05) is 12.0 Å². The lowest BCUT2D eigenvalue weighted by Crippen LogP contribution is -3.09. The maximum Gasteiger partial charge on any atom is 0.256 e. The average Bonchev–Trinajstić information content (AvgIpc) is 3.27. The number of quaternary nitrogens is 1. The Hall–Kier alpha value is -2.63. The number of halogens is 1. The van der Waals surface area contributed by atoms with Gasteiger partial charge in [-0.2, -0.15) is 5.10 Å². The number of amides is 1. The molecule has 1 aliphatic rings. The Balaban J connectivity index is 1.39. The van der Waals surface area contributed by atoms with Crippen molar-refractivity contribution < 1.29 is 9.69 Å². The first-order chi connectivity index (χ1) is 14.1. The van der Waals surface area contributed by atoms with Gasteiger partial charge in [0.2, 0.25) is 0 Å². The van der Waals surface area contributed by atoms with E-state index in [1.807, 2.05) is 43.3 Å². The summed E-state index contributed by atoms with van der Waals surface area (Å²) in [5.41, 5.74) is 3.57. The van der Waals surface area contributed by atoms with Crippen molar-refractivity contribution in [3.05, 3.63) is 88.2 Å². The summed E-state index contributed by atoms with van der Waals surface area (Å²) in [5.74, 6) is -0.127. The minimum absolute atomic E-state index is 0.127. The van der Waals surface area contributed by atoms with Crippen molar-refractivity contribution in [2.24, 2.45) is 0 Å². The molecule has 1 saturated heterocycles. The van der Waals surface area contributed by atoms with E-state index in [-0.39, 0.29) is 11.9 Å². The van der Waals surface area contributed by atoms with Gasteiger partial charge in [-0.1, -0.05) is 72.3 Å². The van der Waals surface area contributed by atoms with Crippen LogP contribution in [0.1, 0.15) is 33.6 Å². The third-order valence-corrected chi connectivity index (χ3v) is 5.87. The summed E-state index contributed by atoms with van der Waals surface area (Å²) in [5, 5.41) is 8.06. The van der Waals surface area contributed by atoms with Crippen LogP contribution in [0.2, 0.25) is 5.15 Å². The molecule has 0 aliphatic carbocycles. The van der Waals surface area contributed by atoms with Gasteiger partial charge in [0.05, 0.1) is 36.9 Å². The molecule has 0 saturated carbocycles. The fourth-order valence-electron chi connectivity index (χ4n) is 4.03. The molecule has 1 unspecified atom stereocenters. The quantitative estimate of drug-likeness (QED) is 0.657. The normalized spacial score (nSPS) is 18.7. The van der Waals surface area contributed by atoms with Crippen molar-refractivity contribution in [3.63, 3.8) is 0 Å². The van der Waals surface area contributed by atoms with Crippen LogP contribution in [0, 0.1) is 6.92 Å². The molecule has 6 heteroatoms. The zero-order chi connectivity index (χ0) is 20.2. The molecule has 4 rings (SSSR count). The van der Waals surface area contributed by atoms with E-state index in [9.17, 15) is 4.79 Å². The Morgan fingerprint density at radius 3 is 2.48 bits per heavy atom. The highest BCUT2D eigenvalue weighted by Crippen LogP contribution is 2.21. The number of rotatable bonds is 6. The summed E-state index contributed by atoms with van der Waals surface area (Å²) in [6.45, 7) is 5.35. The SMILES string of the molecule is Cc1nn(Cc2ccccc2)c(Cl)c1C(=O)N[C@@H]1CC[NH+](Cc2ccccc2)C1. The molecular weight excluding hydrogens is 384 g/mol. The molecule has 2 heterocycles. The van der Waals surface area contributed by atoms with Crippen molar-refractivity contribution in [1.82, 2.24) is 15.1 Å². The summed E-state index contributed by atoms with van der Waals surface area (Å²) in [6.07, 6.45) is 0.975. The number of hydrogen-bond donors (Lipinski definition) is 2. The van der Waals surface area contributed by atoms with Gasteiger partial charge in [0.25, 0.3) is 5.91 Å². The minimum atomic E-state index is -0.127. The van der Waals surface area contributed by atoms with Gasteiger partial charge >= 0.3 is 0 Å². The third kappa shape index (κ3) is 4.69. The number of aryl methyl sites for hydroxylation is 1. The van der Waals surface area contributed by atoms with Gasteiger partial charge in [-0.05, 0) is 12.5 Å². The van der Waals surface area contributed by atoms with Crippen LogP contribution in [0.25, 0.3) is 0 Å². The van der Waals surface area contributed by atoms with Crippen molar-refractivity contribution in [1.29, 1.82) is 0 Å². The molecule has 1 fully saturated rings. The van der Waals surface area contributed by atoms with Crippen molar-refractivity contribution in [2.75, 3.05) is 13.1 Å². The molecule has 2 N–H and O–H groups in total. The second-order valence-electron chi connectivity index (χ2n) is 7.72. The molecule has 2 atom stereocenters. The van der Waals surface area contributed by atoms with Crippen LogP contribution in [-0.4, -0.2) is 34.8 Å². The Kier molecular flexibility index (Phi) is 5.97. The molecular formula is C23H26ClN4O+. The Morgan fingerprint density at radius 2 is 1.79 bits per heavy atom. The molecule has 2 aromatic carbocycles. The van der Waals surface area contributed by atoms with Crippen LogP contribution in [0.15, 0.2) is 60.7 Å². The van der Waals surface area contributed by atoms with Crippen LogP contribution in [0.3, 0.4) is 0 Å². The summed E-state index contributed by atoms with van der Waals surface area (Å²) >= 11 is 6.53. The lowest BCUT2D eigenvalue weighted by Gasteiger charge is -2.14. The van der Waals surface area contributed by atoms with Crippen LogP contribution in [0.4, 0.5) is 0 Å². The van der Waals surface area contributed by atoms with Gasteiger partial charge in [0.15, 0.2) is 0 Å². The summed E-state index contributed by atoms with van der Waals surface area (Å²) < 4.78 is 1.70. The van der Waals surface area contributed by atoms with Gasteiger partial charge in [-0.15, -0.1) is 0 Å². The van der Waals surface area contributed by atoms with E-state index in [1.54, 1.807) is 4.68 Å².